The van der Waals surface area contributed by atoms with E-state index >= 15 is 0 Å². The van der Waals surface area contributed by atoms with Crippen LogP contribution in [0.5, 0.6) is 0 Å². The van der Waals surface area contributed by atoms with E-state index in [4.69, 9.17) is 0 Å². The number of hydrogen-bond acceptors (Lipinski definition) is 3. The van der Waals surface area contributed by atoms with Gasteiger partial charge in [0.1, 0.15) is 0 Å². The van der Waals surface area contributed by atoms with Gasteiger partial charge in [-0.05, 0) is 24.0 Å². The molecule has 0 aliphatic heterocycles. The summed E-state index contributed by atoms with van der Waals surface area (Å²) in [6, 6.07) is 8.83. The first-order chi connectivity index (χ1) is 6.36. The fraction of sp³-hybridized carbons (Fsp3) is 0.400. The van der Waals surface area contributed by atoms with Crippen LogP contribution in [-0.4, -0.2) is 14.2 Å². The van der Waals surface area contributed by atoms with Gasteiger partial charge >= 0.3 is 0 Å². The van der Waals surface area contributed by atoms with Crippen LogP contribution >= 0.6 is 0 Å². The van der Waals surface area contributed by atoms with Gasteiger partial charge in [-0.25, -0.2) is 0 Å². The lowest BCUT2D eigenvalue weighted by Crippen LogP contribution is -2.07. The van der Waals surface area contributed by atoms with Crippen molar-refractivity contribution >= 4 is 0 Å². The minimum absolute atomic E-state index is 1.27. The van der Waals surface area contributed by atoms with Crippen LogP contribution in [0.2, 0.25) is 0 Å². The molecule has 3 nitrogen and oxygen atoms in total. The van der Waals surface area contributed by atoms with Crippen molar-refractivity contribution < 1.29 is 9.68 Å². The maximum Gasteiger partial charge on any atom is 0.0599 e. The molecule has 1 aromatic rings. The van der Waals surface area contributed by atoms with Crippen molar-refractivity contribution in [1.82, 2.24) is 5.64 Å². The average Bonchev–Trinajstić information content (AvgIpc) is 2.23. The molecule has 0 atom stereocenters. The molecule has 3 heteroatoms. The van der Waals surface area contributed by atoms with Crippen molar-refractivity contribution in [2.75, 3.05) is 14.2 Å². The van der Waals surface area contributed by atoms with Gasteiger partial charge in [0, 0.05) is 0 Å². The van der Waals surface area contributed by atoms with Crippen LogP contribution in [0.3, 0.4) is 0 Å². The highest BCUT2D eigenvalue weighted by atomic mass is 16.9. The Labute approximate surface area is 78.6 Å². The Kier molecular flexibility index (Phi) is 4.46. The summed E-state index contributed by atoms with van der Waals surface area (Å²) in [5.74, 6) is 0. The highest BCUT2D eigenvalue weighted by molar-refractivity contribution is 5.28. The molecule has 2 aliphatic rings. The molecule has 0 amide bonds. The molecule has 0 saturated heterocycles. The lowest BCUT2D eigenvalue weighted by molar-refractivity contribution is -0.130. The molecule has 0 heterocycles. The second-order valence-electron chi connectivity index (χ2n) is 2.81. The van der Waals surface area contributed by atoms with Crippen molar-refractivity contribution in [3.05, 3.63) is 35.4 Å². The number of aryl methyl sites for hydroxylation is 2. The van der Waals surface area contributed by atoms with Crippen molar-refractivity contribution in [2.24, 2.45) is 0 Å². The van der Waals surface area contributed by atoms with E-state index < -0.39 is 0 Å². The van der Waals surface area contributed by atoms with E-state index in [0.29, 0.717) is 0 Å². The van der Waals surface area contributed by atoms with Gasteiger partial charge in [0.05, 0.1) is 14.2 Å². The highest BCUT2D eigenvalue weighted by Gasteiger charge is 2.01. The SMILES string of the molecule is CONOC.c1cc2ccc1CC2. The first-order valence-corrected chi connectivity index (χ1v) is 4.25. The Bertz CT molecular complexity index is 208. The molecule has 1 N–H and O–H groups in total. The van der Waals surface area contributed by atoms with Gasteiger partial charge in [-0.15, -0.1) is 0 Å². The van der Waals surface area contributed by atoms with Gasteiger partial charge in [-0.3, -0.25) is 9.68 Å². The predicted molar refractivity (Wildman–Crippen MR) is 51.0 cm³/mol. The smallest absolute Gasteiger partial charge is 0.0599 e. The number of benzene rings is 1. The van der Waals surface area contributed by atoms with Gasteiger partial charge < -0.3 is 0 Å². The summed E-state index contributed by atoms with van der Waals surface area (Å²) in [6.45, 7) is 0. The van der Waals surface area contributed by atoms with Crippen molar-refractivity contribution in [3.63, 3.8) is 0 Å². The highest BCUT2D eigenvalue weighted by Crippen LogP contribution is 2.14. The summed E-state index contributed by atoms with van der Waals surface area (Å²) >= 11 is 0. The monoisotopic (exact) mass is 181 g/mol. The summed E-state index contributed by atoms with van der Waals surface area (Å²) in [5, 5.41) is 0. The standard InChI is InChI=1S/C8H8.C2H7NO2/c1-2-8-5-3-7(1)4-6-8;1-4-3-5-2/h1-3,5H,4,6H2;3H,1-2H3. The topological polar surface area (TPSA) is 30.5 Å². The summed E-state index contributed by atoms with van der Waals surface area (Å²) in [6.07, 6.45) is 2.53. The zero-order valence-electron chi connectivity index (χ0n) is 8.04. The summed E-state index contributed by atoms with van der Waals surface area (Å²) < 4.78 is 0. The maximum atomic E-state index is 4.22. The molecule has 0 aromatic heterocycles. The molecule has 0 unspecified atom stereocenters. The number of nitrogens with one attached hydrogen (secondary N) is 1. The van der Waals surface area contributed by atoms with Gasteiger partial charge in [-0.2, -0.15) is 0 Å². The van der Waals surface area contributed by atoms with E-state index in [0.717, 1.165) is 0 Å². The van der Waals surface area contributed by atoms with Gasteiger partial charge in [0.15, 0.2) is 0 Å². The lowest BCUT2D eigenvalue weighted by Gasteiger charge is -2.09. The number of fused-ring (bicyclic) bond motifs is 3. The van der Waals surface area contributed by atoms with Gasteiger partial charge in [0.25, 0.3) is 0 Å². The maximum absolute atomic E-state index is 4.22. The Balaban J connectivity index is 0.000000149. The summed E-state index contributed by atoms with van der Waals surface area (Å²) in [5.41, 5.74) is 5.08. The van der Waals surface area contributed by atoms with Crippen LogP contribution in [0.15, 0.2) is 24.3 Å². The Hall–Kier alpha value is -0.900. The molecule has 13 heavy (non-hydrogen) atoms. The van der Waals surface area contributed by atoms with E-state index in [1.807, 2.05) is 0 Å². The van der Waals surface area contributed by atoms with E-state index in [1.54, 1.807) is 0 Å². The molecular formula is C10H15NO2. The molecule has 0 radical (unpaired) electrons. The predicted octanol–water partition coefficient (Wildman–Crippen LogP) is 1.48. The molecule has 3 rings (SSSR count). The van der Waals surface area contributed by atoms with Crippen LogP contribution in [0.25, 0.3) is 0 Å². The van der Waals surface area contributed by atoms with Gasteiger partial charge in [0.2, 0.25) is 0 Å². The quantitative estimate of drug-likeness (QED) is 0.701. The minimum atomic E-state index is 1.27. The first-order valence-electron chi connectivity index (χ1n) is 4.25. The van der Waals surface area contributed by atoms with Gasteiger partial charge in [-0.1, -0.05) is 29.9 Å². The van der Waals surface area contributed by atoms with Crippen molar-refractivity contribution in [2.45, 2.75) is 12.8 Å². The number of rotatable bonds is 2. The van der Waals surface area contributed by atoms with E-state index in [2.05, 4.69) is 39.6 Å². The molecule has 2 aliphatic carbocycles. The fourth-order valence-electron chi connectivity index (χ4n) is 1.24. The van der Waals surface area contributed by atoms with E-state index in [9.17, 15) is 0 Å². The Morgan fingerprint density at radius 1 is 0.923 bits per heavy atom. The van der Waals surface area contributed by atoms with Crippen LogP contribution in [0.4, 0.5) is 0 Å². The van der Waals surface area contributed by atoms with E-state index in [-0.39, 0.29) is 0 Å². The largest absolute Gasteiger partial charge is 0.280 e. The molecule has 1 aromatic carbocycles. The van der Waals surface area contributed by atoms with Crippen molar-refractivity contribution in [3.8, 4) is 0 Å². The normalized spacial score (nSPS) is 12.2. The fourth-order valence-corrected chi connectivity index (χ4v) is 1.24. The zero-order chi connectivity index (χ0) is 9.52. The van der Waals surface area contributed by atoms with Crippen LogP contribution in [0.1, 0.15) is 11.1 Å². The third-order valence-electron chi connectivity index (χ3n) is 1.89. The third-order valence-corrected chi connectivity index (χ3v) is 1.89. The minimum Gasteiger partial charge on any atom is -0.280 e. The van der Waals surface area contributed by atoms with E-state index in [1.165, 1.54) is 38.2 Å². The Morgan fingerprint density at radius 2 is 1.31 bits per heavy atom. The second-order valence-corrected chi connectivity index (χ2v) is 2.81. The van der Waals surface area contributed by atoms with Crippen LogP contribution in [0, 0.1) is 0 Å². The molecule has 72 valence electrons. The molecular weight excluding hydrogens is 166 g/mol. The third kappa shape index (κ3) is 3.55. The summed E-state index contributed by atoms with van der Waals surface area (Å²) in [7, 11) is 2.95. The molecule has 0 saturated carbocycles. The Morgan fingerprint density at radius 3 is 1.38 bits per heavy atom. The van der Waals surface area contributed by atoms with Crippen molar-refractivity contribution in [1.29, 1.82) is 0 Å². The lowest BCUT2D eigenvalue weighted by atomic mass is 9.97. The summed E-state index contributed by atoms with van der Waals surface area (Å²) in [4.78, 5) is 8.44. The average molecular weight is 181 g/mol. The molecule has 0 fully saturated rings. The molecule has 2 bridgehead atoms. The van der Waals surface area contributed by atoms with Crippen LogP contribution < -0.4 is 5.64 Å². The van der Waals surface area contributed by atoms with Crippen LogP contribution in [-0.2, 0) is 22.5 Å². The number of hydrogen-bond donors (Lipinski definition) is 1. The molecule has 0 spiro atoms. The second kappa shape index (κ2) is 5.70. The first kappa shape index (κ1) is 10.2. The zero-order valence-corrected chi connectivity index (χ0v) is 8.04.